The minimum absolute atomic E-state index is 0.482. The molecule has 0 saturated carbocycles. The normalized spacial score (nSPS) is 12.9. The van der Waals surface area contributed by atoms with Gasteiger partial charge in [-0.05, 0) is 0 Å². The van der Waals surface area contributed by atoms with Gasteiger partial charge in [0.1, 0.15) is 18.4 Å². The van der Waals surface area contributed by atoms with Gasteiger partial charge in [-0.15, -0.1) is 0 Å². The van der Waals surface area contributed by atoms with Crippen LogP contribution in [0.1, 0.15) is 0 Å². The van der Waals surface area contributed by atoms with E-state index >= 15 is 0 Å². The van der Waals surface area contributed by atoms with E-state index in [1.807, 2.05) is 0 Å². The fourth-order valence-corrected chi connectivity index (χ4v) is 1.64. The Kier molecular flexibility index (Phi) is 4.55. The van der Waals surface area contributed by atoms with Crippen LogP contribution in [-0.2, 0) is 14.3 Å². The number of carboxylic acids is 1. The van der Waals surface area contributed by atoms with Crippen molar-refractivity contribution in [3.05, 3.63) is 18.2 Å². The van der Waals surface area contributed by atoms with Crippen molar-refractivity contribution in [1.82, 2.24) is 14.8 Å². The van der Waals surface area contributed by atoms with Crippen molar-refractivity contribution in [2.75, 3.05) is 7.11 Å². The highest BCUT2D eigenvalue weighted by Gasteiger charge is 2.37. The van der Waals surface area contributed by atoms with E-state index in [1.54, 1.807) is 0 Å². The predicted octanol–water partition coefficient (Wildman–Crippen LogP) is 1.12. The fourth-order valence-electron chi connectivity index (χ4n) is 1.10. The van der Waals surface area contributed by atoms with Crippen LogP contribution < -0.4 is 0 Å². The van der Waals surface area contributed by atoms with Crippen molar-refractivity contribution in [2.24, 2.45) is 0 Å². The number of ether oxygens (including phenoxy) is 1. The summed E-state index contributed by atoms with van der Waals surface area (Å²) < 4.78 is 3.00. The van der Waals surface area contributed by atoms with E-state index in [0.717, 1.165) is 24.4 Å². The van der Waals surface area contributed by atoms with Crippen LogP contribution in [0.5, 0.6) is 0 Å². The van der Waals surface area contributed by atoms with E-state index in [9.17, 15) is 9.59 Å². The number of aliphatic carboxylic acids is 1. The summed E-state index contributed by atoms with van der Waals surface area (Å²) in [7, 11) is 1.00. The average molecular weight is 315 g/mol. The monoisotopic (exact) mass is 313 g/mol. The lowest BCUT2D eigenvalue weighted by atomic mass is 10.2. The largest absolute Gasteiger partial charge is 0.477 e. The first-order valence-corrected chi connectivity index (χ1v) is 5.40. The molecule has 0 fully saturated rings. The summed E-state index contributed by atoms with van der Waals surface area (Å²) in [4.78, 5) is 26.1. The summed E-state index contributed by atoms with van der Waals surface area (Å²) in [5.41, 5.74) is -1.33. The molecule has 0 aliphatic carbocycles. The molecule has 7 nitrogen and oxygen atoms in total. The Hall–Kier alpha value is -1.31. The Morgan fingerprint density at radius 2 is 2.00 bits per heavy atom. The molecule has 0 bridgehead atoms. The molecule has 0 aromatic carbocycles. The lowest BCUT2D eigenvalue weighted by Crippen LogP contribution is -2.24. The van der Waals surface area contributed by atoms with Gasteiger partial charge in [-0.25, -0.2) is 19.3 Å². The quantitative estimate of drug-likeness (QED) is 0.295. The molecule has 18 heavy (non-hydrogen) atoms. The van der Waals surface area contributed by atoms with Crippen LogP contribution in [0.15, 0.2) is 18.2 Å². The molecule has 1 aromatic rings. The van der Waals surface area contributed by atoms with Gasteiger partial charge < -0.3 is 9.84 Å². The summed E-state index contributed by atoms with van der Waals surface area (Å²) in [5, 5.41) is 12.6. The second kappa shape index (κ2) is 5.55. The van der Waals surface area contributed by atoms with E-state index in [1.165, 1.54) is 0 Å². The zero-order chi connectivity index (χ0) is 13.9. The number of carboxylic acid groups (broad SMARTS) is 1. The molecule has 0 unspecified atom stereocenters. The SMILES string of the molecule is COC(=O)C(C(=O)O)=C(n1cncn1)C(Cl)(Cl)Cl. The predicted molar refractivity (Wildman–Crippen MR) is 63.2 cm³/mol. The van der Waals surface area contributed by atoms with Crippen LogP contribution in [0, 0.1) is 0 Å². The Bertz CT molecular complexity index is 492. The van der Waals surface area contributed by atoms with E-state index in [2.05, 4.69) is 14.8 Å². The molecule has 98 valence electrons. The van der Waals surface area contributed by atoms with Gasteiger partial charge in [-0.3, -0.25) is 0 Å². The molecule has 1 aromatic heterocycles. The van der Waals surface area contributed by atoms with Gasteiger partial charge in [0.05, 0.1) is 7.11 Å². The third-order valence-corrected chi connectivity index (χ3v) is 2.29. The second-order valence-corrected chi connectivity index (χ2v) is 5.14. The molecule has 0 amide bonds. The van der Waals surface area contributed by atoms with Crippen LogP contribution in [0.3, 0.4) is 0 Å². The van der Waals surface area contributed by atoms with Crippen molar-refractivity contribution < 1.29 is 19.4 Å². The molecule has 1 rings (SSSR count). The minimum Gasteiger partial charge on any atom is -0.477 e. The van der Waals surface area contributed by atoms with Crippen molar-refractivity contribution in [3.63, 3.8) is 0 Å². The first-order valence-electron chi connectivity index (χ1n) is 4.27. The maximum atomic E-state index is 11.4. The molecular weight excluding hydrogens is 308 g/mol. The lowest BCUT2D eigenvalue weighted by Gasteiger charge is -2.17. The first kappa shape index (κ1) is 14.7. The number of rotatable bonds is 3. The molecule has 1 heterocycles. The number of methoxy groups -OCH3 is 1. The molecular formula is C8H6Cl3N3O4. The van der Waals surface area contributed by atoms with Crippen molar-refractivity contribution >= 4 is 52.4 Å². The summed E-state index contributed by atoms with van der Waals surface area (Å²) in [6, 6.07) is 0. The fraction of sp³-hybridized carbons (Fsp3) is 0.250. The highest BCUT2D eigenvalue weighted by molar-refractivity contribution is 6.72. The Balaban J connectivity index is 3.57. The number of aromatic nitrogens is 3. The number of hydrogen-bond donors (Lipinski definition) is 1. The third kappa shape index (κ3) is 3.12. The number of allylic oxidation sites excluding steroid dienone is 1. The van der Waals surface area contributed by atoms with Crippen molar-refractivity contribution in [3.8, 4) is 0 Å². The topological polar surface area (TPSA) is 94.3 Å². The number of alkyl halides is 3. The van der Waals surface area contributed by atoms with Gasteiger partial charge in [-0.1, -0.05) is 34.8 Å². The van der Waals surface area contributed by atoms with Crippen molar-refractivity contribution in [2.45, 2.75) is 3.79 Å². The average Bonchev–Trinajstić information content (AvgIpc) is 2.75. The number of halogens is 3. The van der Waals surface area contributed by atoms with Crippen LogP contribution in [-0.4, -0.2) is 42.7 Å². The lowest BCUT2D eigenvalue weighted by molar-refractivity contribution is -0.142. The third-order valence-electron chi connectivity index (χ3n) is 1.76. The molecule has 0 aliphatic heterocycles. The summed E-state index contributed by atoms with van der Waals surface area (Å²) >= 11 is 16.9. The molecule has 0 aliphatic rings. The molecule has 1 N–H and O–H groups in total. The van der Waals surface area contributed by atoms with Gasteiger partial charge in [0.15, 0.2) is 5.57 Å². The maximum Gasteiger partial charge on any atom is 0.347 e. The number of carbonyl (C=O) groups excluding carboxylic acids is 1. The number of hydrogen-bond acceptors (Lipinski definition) is 5. The summed E-state index contributed by atoms with van der Waals surface area (Å²) in [5.74, 6) is -2.78. The zero-order valence-electron chi connectivity index (χ0n) is 8.80. The van der Waals surface area contributed by atoms with Gasteiger partial charge in [0.2, 0.25) is 3.79 Å². The van der Waals surface area contributed by atoms with E-state index in [0.29, 0.717) is 0 Å². The number of nitrogens with zero attached hydrogens (tertiary/aromatic N) is 3. The van der Waals surface area contributed by atoms with Crippen LogP contribution in [0.2, 0.25) is 0 Å². The smallest absolute Gasteiger partial charge is 0.347 e. The summed E-state index contributed by atoms with van der Waals surface area (Å²) in [6.45, 7) is 0. The Morgan fingerprint density at radius 3 is 2.33 bits per heavy atom. The molecule has 10 heteroatoms. The highest BCUT2D eigenvalue weighted by Crippen LogP contribution is 2.39. The Morgan fingerprint density at radius 1 is 1.39 bits per heavy atom. The molecule has 0 saturated heterocycles. The molecule has 0 spiro atoms. The standard InChI is InChI=1S/C8H6Cl3N3O4/c1-18-7(17)4(6(15)16)5(8(9,10)11)14-3-12-2-13-14/h2-3H,1H3,(H,15,16). The first-order chi connectivity index (χ1) is 8.29. The van der Waals surface area contributed by atoms with Crippen LogP contribution >= 0.6 is 34.8 Å². The van der Waals surface area contributed by atoms with Crippen molar-refractivity contribution in [1.29, 1.82) is 0 Å². The van der Waals surface area contributed by atoms with Gasteiger partial charge in [0.25, 0.3) is 0 Å². The Labute approximate surface area is 116 Å². The zero-order valence-corrected chi connectivity index (χ0v) is 11.1. The maximum absolute atomic E-state index is 11.4. The highest BCUT2D eigenvalue weighted by atomic mass is 35.6. The van der Waals surface area contributed by atoms with Gasteiger partial charge in [-0.2, -0.15) is 5.10 Å². The second-order valence-electron chi connectivity index (χ2n) is 2.86. The minimum atomic E-state index is -2.20. The summed E-state index contributed by atoms with van der Waals surface area (Å²) in [6.07, 6.45) is 2.18. The van der Waals surface area contributed by atoms with Gasteiger partial charge >= 0.3 is 11.9 Å². The van der Waals surface area contributed by atoms with E-state index < -0.39 is 27.0 Å². The molecule has 0 atom stereocenters. The van der Waals surface area contributed by atoms with Crippen LogP contribution in [0.25, 0.3) is 5.70 Å². The van der Waals surface area contributed by atoms with E-state index in [4.69, 9.17) is 39.9 Å². The molecule has 0 radical (unpaired) electrons. The van der Waals surface area contributed by atoms with Gasteiger partial charge in [0, 0.05) is 0 Å². The number of esters is 1. The number of carbonyl (C=O) groups is 2. The van der Waals surface area contributed by atoms with E-state index in [-0.39, 0.29) is 0 Å². The van der Waals surface area contributed by atoms with Crippen LogP contribution in [0.4, 0.5) is 0 Å².